The Kier molecular flexibility index (Phi) is 6.29. The Bertz CT molecular complexity index is 555. The first-order valence-corrected chi connectivity index (χ1v) is 9.34. The maximum atomic E-state index is 12.2. The van der Waals surface area contributed by atoms with Crippen LogP contribution in [0, 0.1) is 0 Å². The van der Waals surface area contributed by atoms with E-state index >= 15 is 0 Å². The maximum Gasteiger partial charge on any atom is 0.321 e. The molecule has 0 spiro atoms. The summed E-state index contributed by atoms with van der Waals surface area (Å²) in [5.74, 6) is 0. The van der Waals surface area contributed by atoms with Crippen molar-refractivity contribution in [3.63, 3.8) is 0 Å². The first kappa shape index (κ1) is 18.2. The molecule has 2 N–H and O–H groups in total. The number of benzene rings is 1. The molecule has 2 aliphatic rings. The molecule has 0 saturated carbocycles. The van der Waals surface area contributed by atoms with Gasteiger partial charge in [-0.25, -0.2) is 4.79 Å². The molecule has 0 aromatic heterocycles. The highest BCUT2D eigenvalue weighted by molar-refractivity contribution is 5.89. The Morgan fingerprint density at radius 2 is 1.88 bits per heavy atom. The third-order valence-corrected chi connectivity index (χ3v) is 5.20. The van der Waals surface area contributed by atoms with Gasteiger partial charge in [-0.05, 0) is 44.0 Å². The summed E-state index contributed by atoms with van der Waals surface area (Å²) in [5.41, 5.74) is 2.11. The number of anilines is 1. The molecule has 3 rings (SSSR count). The summed E-state index contributed by atoms with van der Waals surface area (Å²) in [6.45, 7) is 6.82. The number of aliphatic hydroxyl groups excluding tert-OH is 1. The van der Waals surface area contributed by atoms with Crippen LogP contribution >= 0.6 is 0 Å². The average Bonchev–Trinajstić information content (AvgIpc) is 2.62. The molecule has 1 unspecified atom stereocenters. The molecule has 1 aromatic carbocycles. The van der Waals surface area contributed by atoms with Crippen LogP contribution in [0.5, 0.6) is 0 Å². The van der Waals surface area contributed by atoms with Crippen molar-refractivity contribution in [2.24, 2.45) is 0 Å². The molecular weight excluding hydrogens is 316 g/mol. The van der Waals surface area contributed by atoms with Crippen molar-refractivity contribution < 1.29 is 9.90 Å². The number of piperazine rings is 1. The number of piperidine rings is 1. The van der Waals surface area contributed by atoms with Crippen molar-refractivity contribution >= 4 is 11.7 Å². The van der Waals surface area contributed by atoms with Crippen molar-refractivity contribution in [3.05, 3.63) is 29.8 Å². The van der Waals surface area contributed by atoms with Crippen LogP contribution < -0.4 is 5.32 Å². The van der Waals surface area contributed by atoms with Gasteiger partial charge in [0.1, 0.15) is 0 Å². The van der Waals surface area contributed by atoms with Gasteiger partial charge in [0, 0.05) is 51.5 Å². The number of hydrogen-bond donors (Lipinski definition) is 2. The number of likely N-dealkylation sites (tertiary alicyclic amines) is 1. The zero-order chi connectivity index (χ0) is 17.6. The monoisotopic (exact) mass is 346 g/mol. The Morgan fingerprint density at radius 1 is 1.16 bits per heavy atom. The van der Waals surface area contributed by atoms with Gasteiger partial charge in [-0.15, -0.1) is 0 Å². The van der Waals surface area contributed by atoms with Crippen LogP contribution in [0.4, 0.5) is 10.5 Å². The van der Waals surface area contributed by atoms with E-state index in [-0.39, 0.29) is 6.03 Å². The third-order valence-electron chi connectivity index (χ3n) is 5.20. The first-order chi connectivity index (χ1) is 12.1. The largest absolute Gasteiger partial charge is 0.391 e. The fraction of sp³-hybridized carbons (Fsp3) is 0.632. The summed E-state index contributed by atoms with van der Waals surface area (Å²) in [6, 6.07) is 8.01. The molecule has 138 valence electrons. The lowest BCUT2D eigenvalue weighted by atomic mass is 10.1. The van der Waals surface area contributed by atoms with Crippen LogP contribution in [-0.4, -0.2) is 84.8 Å². The van der Waals surface area contributed by atoms with Gasteiger partial charge in [0.05, 0.1) is 6.10 Å². The number of carbonyl (C=O) groups excluding carboxylic acids is 1. The van der Waals surface area contributed by atoms with Gasteiger partial charge in [-0.1, -0.05) is 12.1 Å². The lowest BCUT2D eigenvalue weighted by Gasteiger charge is -2.32. The van der Waals surface area contributed by atoms with E-state index in [9.17, 15) is 9.90 Å². The van der Waals surface area contributed by atoms with E-state index in [4.69, 9.17) is 0 Å². The smallest absolute Gasteiger partial charge is 0.321 e. The van der Waals surface area contributed by atoms with Crippen molar-refractivity contribution in [1.29, 1.82) is 0 Å². The molecule has 2 amide bonds. The highest BCUT2D eigenvalue weighted by Gasteiger charge is 2.22. The van der Waals surface area contributed by atoms with E-state index in [1.807, 2.05) is 12.1 Å². The fourth-order valence-corrected chi connectivity index (χ4v) is 3.46. The van der Waals surface area contributed by atoms with Crippen molar-refractivity contribution in [1.82, 2.24) is 14.7 Å². The van der Waals surface area contributed by atoms with Gasteiger partial charge in [0.25, 0.3) is 0 Å². The SMILES string of the molecule is CN1CCN(CCc2ccc(NC(=O)N3CCCC(O)C3)cc2)CC1. The summed E-state index contributed by atoms with van der Waals surface area (Å²) in [7, 11) is 2.18. The average molecular weight is 346 g/mol. The topological polar surface area (TPSA) is 59.0 Å². The number of β-amino-alcohol motifs (C(OH)–C–C–N with tert-alkyl or cyclic N) is 1. The molecule has 2 fully saturated rings. The quantitative estimate of drug-likeness (QED) is 0.867. The second-order valence-corrected chi connectivity index (χ2v) is 7.26. The molecule has 2 heterocycles. The highest BCUT2D eigenvalue weighted by Crippen LogP contribution is 2.14. The fourth-order valence-electron chi connectivity index (χ4n) is 3.46. The molecule has 1 atom stereocenters. The molecule has 1 aromatic rings. The Balaban J connectivity index is 1.44. The first-order valence-electron chi connectivity index (χ1n) is 9.34. The van der Waals surface area contributed by atoms with Gasteiger partial charge in [0.2, 0.25) is 0 Å². The van der Waals surface area contributed by atoms with E-state index in [0.717, 1.165) is 57.7 Å². The maximum absolute atomic E-state index is 12.2. The minimum atomic E-state index is -0.392. The zero-order valence-electron chi connectivity index (χ0n) is 15.2. The summed E-state index contributed by atoms with van der Waals surface area (Å²) >= 11 is 0. The molecular formula is C19H30N4O2. The minimum absolute atomic E-state index is 0.121. The second kappa shape index (κ2) is 8.65. The van der Waals surface area contributed by atoms with Crippen molar-refractivity contribution in [2.45, 2.75) is 25.4 Å². The molecule has 0 aliphatic carbocycles. The molecule has 0 bridgehead atoms. The highest BCUT2D eigenvalue weighted by atomic mass is 16.3. The predicted octanol–water partition coefficient (Wildman–Crippen LogP) is 1.47. The number of aliphatic hydroxyl groups is 1. The molecule has 2 aliphatic heterocycles. The number of rotatable bonds is 4. The van der Waals surface area contributed by atoms with Gasteiger partial charge >= 0.3 is 6.03 Å². The van der Waals surface area contributed by atoms with E-state index in [2.05, 4.69) is 34.3 Å². The zero-order valence-corrected chi connectivity index (χ0v) is 15.2. The molecule has 2 saturated heterocycles. The number of amides is 2. The predicted molar refractivity (Wildman–Crippen MR) is 99.9 cm³/mol. The number of hydrogen-bond acceptors (Lipinski definition) is 4. The summed E-state index contributed by atoms with van der Waals surface area (Å²) in [5, 5.41) is 12.6. The van der Waals surface area contributed by atoms with E-state index in [1.165, 1.54) is 5.56 Å². The molecule has 0 radical (unpaired) electrons. The standard InChI is InChI=1S/C19H30N4O2/c1-21-11-13-22(14-12-21)10-8-16-4-6-17(7-5-16)20-19(25)23-9-2-3-18(24)15-23/h4-7,18,24H,2-3,8-15H2,1H3,(H,20,25). The Hall–Kier alpha value is -1.63. The van der Waals surface area contributed by atoms with Gasteiger partial charge in [0.15, 0.2) is 0 Å². The lowest BCUT2D eigenvalue weighted by molar-refractivity contribution is 0.0883. The van der Waals surface area contributed by atoms with Crippen molar-refractivity contribution in [2.75, 3.05) is 58.2 Å². The number of carbonyl (C=O) groups is 1. The van der Waals surface area contributed by atoms with Crippen LogP contribution in [0.15, 0.2) is 24.3 Å². The number of nitrogens with zero attached hydrogens (tertiary/aromatic N) is 3. The number of nitrogens with one attached hydrogen (secondary N) is 1. The normalized spacial score (nSPS) is 22.8. The van der Waals surface area contributed by atoms with Crippen molar-refractivity contribution in [3.8, 4) is 0 Å². The number of likely N-dealkylation sites (N-methyl/N-ethyl adjacent to an activating group) is 1. The minimum Gasteiger partial charge on any atom is -0.391 e. The van der Waals surface area contributed by atoms with E-state index in [1.54, 1.807) is 4.90 Å². The summed E-state index contributed by atoms with van der Waals surface area (Å²) in [4.78, 5) is 18.8. The molecule has 6 heteroatoms. The number of urea groups is 1. The van der Waals surface area contributed by atoms with Crippen LogP contribution in [0.2, 0.25) is 0 Å². The third kappa shape index (κ3) is 5.42. The van der Waals surface area contributed by atoms with Gasteiger partial charge in [-0.3, -0.25) is 0 Å². The Labute approximate surface area is 150 Å². The summed E-state index contributed by atoms with van der Waals surface area (Å²) < 4.78 is 0. The molecule has 25 heavy (non-hydrogen) atoms. The van der Waals surface area contributed by atoms with Gasteiger partial charge in [-0.2, -0.15) is 0 Å². The van der Waals surface area contributed by atoms with Crippen LogP contribution in [0.3, 0.4) is 0 Å². The van der Waals surface area contributed by atoms with Crippen LogP contribution in [-0.2, 0) is 6.42 Å². The van der Waals surface area contributed by atoms with E-state index in [0.29, 0.717) is 13.1 Å². The van der Waals surface area contributed by atoms with Crippen LogP contribution in [0.1, 0.15) is 18.4 Å². The van der Waals surface area contributed by atoms with Gasteiger partial charge < -0.3 is 25.1 Å². The Morgan fingerprint density at radius 3 is 2.56 bits per heavy atom. The van der Waals surface area contributed by atoms with Crippen LogP contribution in [0.25, 0.3) is 0 Å². The second-order valence-electron chi connectivity index (χ2n) is 7.26. The summed E-state index contributed by atoms with van der Waals surface area (Å²) in [6.07, 6.45) is 2.29. The molecule has 6 nitrogen and oxygen atoms in total. The lowest BCUT2D eigenvalue weighted by Crippen LogP contribution is -2.45. The van der Waals surface area contributed by atoms with E-state index < -0.39 is 6.10 Å².